The molecule has 3 heteroatoms. The van der Waals surface area contributed by atoms with E-state index in [1.807, 2.05) is 0 Å². The van der Waals surface area contributed by atoms with E-state index in [9.17, 15) is 8.78 Å². The van der Waals surface area contributed by atoms with Gasteiger partial charge in [-0.05, 0) is 24.8 Å². The lowest BCUT2D eigenvalue weighted by atomic mass is 9.90. The average Bonchev–Trinajstić information content (AvgIpc) is 2.19. The first kappa shape index (κ1) is 10.4. The zero-order valence-electron chi connectivity index (χ0n) is 8.82. The number of halogens is 2. The molecule has 15 heavy (non-hydrogen) atoms. The summed E-state index contributed by atoms with van der Waals surface area (Å²) >= 11 is 0. The fraction of sp³-hybridized carbons (Fsp3) is 0.500. The van der Waals surface area contributed by atoms with Crippen LogP contribution < -0.4 is 5.32 Å². The van der Waals surface area contributed by atoms with Gasteiger partial charge >= 0.3 is 0 Å². The molecule has 1 aromatic carbocycles. The first-order valence-corrected chi connectivity index (χ1v) is 5.42. The zero-order valence-corrected chi connectivity index (χ0v) is 8.82. The molecule has 82 valence electrons. The molecule has 0 aromatic heterocycles. The van der Waals surface area contributed by atoms with E-state index in [-0.39, 0.29) is 0 Å². The largest absolute Gasteiger partial charge is 0.384 e. The number of rotatable bonds is 2. The highest BCUT2D eigenvalue weighted by molar-refractivity contribution is 5.54. The molecule has 1 N–H and O–H groups in total. The van der Waals surface area contributed by atoms with Crippen molar-refractivity contribution in [2.45, 2.75) is 26.2 Å². The van der Waals surface area contributed by atoms with Gasteiger partial charge in [0, 0.05) is 23.9 Å². The van der Waals surface area contributed by atoms with Crippen LogP contribution in [-0.2, 0) is 6.42 Å². The second-order valence-electron chi connectivity index (χ2n) is 4.15. The summed E-state index contributed by atoms with van der Waals surface area (Å²) < 4.78 is 26.4. The number of anilines is 1. The van der Waals surface area contributed by atoms with Crippen LogP contribution >= 0.6 is 0 Å². The van der Waals surface area contributed by atoms with Crippen molar-refractivity contribution < 1.29 is 8.78 Å². The fourth-order valence-corrected chi connectivity index (χ4v) is 2.20. The van der Waals surface area contributed by atoms with E-state index >= 15 is 0 Å². The van der Waals surface area contributed by atoms with Gasteiger partial charge in [-0.1, -0.05) is 13.3 Å². The van der Waals surface area contributed by atoms with E-state index in [1.54, 1.807) is 0 Å². The van der Waals surface area contributed by atoms with Crippen LogP contribution in [0.25, 0.3) is 0 Å². The summed E-state index contributed by atoms with van der Waals surface area (Å²) in [7, 11) is 0. The van der Waals surface area contributed by atoms with Gasteiger partial charge in [0.15, 0.2) is 0 Å². The molecular formula is C12H15F2N. The summed E-state index contributed by atoms with van der Waals surface area (Å²) in [5.74, 6) is -0.451. The first-order valence-electron chi connectivity index (χ1n) is 5.42. The van der Waals surface area contributed by atoms with Crippen LogP contribution in [-0.4, -0.2) is 6.54 Å². The Morgan fingerprint density at radius 3 is 2.93 bits per heavy atom. The maximum Gasteiger partial charge on any atom is 0.131 e. The molecule has 1 atom stereocenters. The van der Waals surface area contributed by atoms with Crippen molar-refractivity contribution in [1.29, 1.82) is 0 Å². The normalized spacial score (nSPS) is 19.5. The van der Waals surface area contributed by atoms with E-state index < -0.39 is 11.6 Å². The predicted octanol–water partition coefficient (Wildman–Crippen LogP) is 3.35. The van der Waals surface area contributed by atoms with Gasteiger partial charge < -0.3 is 5.32 Å². The minimum Gasteiger partial charge on any atom is -0.384 e. The SMILES string of the molecule is CCCC1CNc2cc(F)cc(F)c2C1. The summed E-state index contributed by atoms with van der Waals surface area (Å²) in [6, 6.07) is 2.34. The molecule has 0 saturated carbocycles. The second-order valence-corrected chi connectivity index (χ2v) is 4.15. The Hall–Kier alpha value is -1.12. The van der Waals surface area contributed by atoms with Gasteiger partial charge in [-0.3, -0.25) is 0 Å². The summed E-state index contributed by atoms with van der Waals surface area (Å²) in [5.41, 5.74) is 1.26. The van der Waals surface area contributed by atoms with Gasteiger partial charge in [0.05, 0.1) is 0 Å². The Balaban J connectivity index is 2.25. The standard InChI is InChI=1S/C12H15F2N/c1-2-3-8-4-10-11(14)5-9(13)6-12(10)15-7-8/h5-6,8,15H,2-4,7H2,1H3. The summed E-state index contributed by atoms with van der Waals surface area (Å²) in [5, 5.41) is 3.10. The van der Waals surface area contributed by atoms with Crippen molar-refractivity contribution in [3.63, 3.8) is 0 Å². The average molecular weight is 211 g/mol. The van der Waals surface area contributed by atoms with Crippen LogP contribution in [0, 0.1) is 17.6 Å². The highest BCUT2D eigenvalue weighted by atomic mass is 19.1. The third kappa shape index (κ3) is 2.11. The van der Waals surface area contributed by atoms with Crippen molar-refractivity contribution in [1.82, 2.24) is 0 Å². The molecule has 1 aliphatic rings. The Morgan fingerprint density at radius 1 is 1.40 bits per heavy atom. The lowest BCUT2D eigenvalue weighted by molar-refractivity contribution is 0.470. The van der Waals surface area contributed by atoms with Crippen LogP contribution in [0.4, 0.5) is 14.5 Å². The summed E-state index contributed by atoms with van der Waals surface area (Å²) in [4.78, 5) is 0. The molecule has 0 amide bonds. The number of nitrogens with one attached hydrogen (secondary N) is 1. The topological polar surface area (TPSA) is 12.0 Å². The molecule has 1 aromatic rings. The molecule has 1 unspecified atom stereocenters. The fourth-order valence-electron chi connectivity index (χ4n) is 2.20. The minimum atomic E-state index is -0.507. The predicted molar refractivity (Wildman–Crippen MR) is 56.9 cm³/mol. The van der Waals surface area contributed by atoms with Crippen molar-refractivity contribution in [3.8, 4) is 0 Å². The van der Waals surface area contributed by atoms with Crippen LogP contribution in [0.2, 0.25) is 0 Å². The van der Waals surface area contributed by atoms with Crippen LogP contribution in [0.15, 0.2) is 12.1 Å². The smallest absolute Gasteiger partial charge is 0.131 e. The molecule has 0 spiro atoms. The van der Waals surface area contributed by atoms with E-state index in [0.717, 1.165) is 31.9 Å². The maximum absolute atomic E-state index is 13.5. The van der Waals surface area contributed by atoms with Gasteiger partial charge in [0.1, 0.15) is 11.6 Å². The number of benzene rings is 1. The van der Waals surface area contributed by atoms with E-state index in [2.05, 4.69) is 12.2 Å². The molecule has 1 heterocycles. The quantitative estimate of drug-likeness (QED) is 0.791. The highest BCUT2D eigenvalue weighted by Gasteiger charge is 2.21. The molecule has 1 aliphatic heterocycles. The zero-order chi connectivity index (χ0) is 10.8. The second kappa shape index (κ2) is 4.17. The third-order valence-corrected chi connectivity index (χ3v) is 2.93. The molecule has 0 fully saturated rings. The third-order valence-electron chi connectivity index (χ3n) is 2.93. The van der Waals surface area contributed by atoms with E-state index in [0.29, 0.717) is 17.2 Å². The monoisotopic (exact) mass is 211 g/mol. The molecule has 2 rings (SSSR count). The van der Waals surface area contributed by atoms with Crippen molar-refractivity contribution in [2.75, 3.05) is 11.9 Å². The molecule has 0 radical (unpaired) electrons. The number of hydrogen-bond acceptors (Lipinski definition) is 1. The Morgan fingerprint density at radius 2 is 2.20 bits per heavy atom. The van der Waals surface area contributed by atoms with Gasteiger partial charge in [-0.2, -0.15) is 0 Å². The summed E-state index contributed by atoms with van der Waals surface area (Å²) in [6.07, 6.45) is 2.91. The Kier molecular flexibility index (Phi) is 2.89. The first-order chi connectivity index (χ1) is 7.20. The van der Waals surface area contributed by atoms with Crippen molar-refractivity contribution in [3.05, 3.63) is 29.3 Å². The molecule has 0 saturated heterocycles. The van der Waals surface area contributed by atoms with Gasteiger partial charge in [0.25, 0.3) is 0 Å². The van der Waals surface area contributed by atoms with Gasteiger partial charge in [-0.25, -0.2) is 8.78 Å². The lowest BCUT2D eigenvalue weighted by Crippen LogP contribution is -2.24. The van der Waals surface area contributed by atoms with Crippen LogP contribution in [0.3, 0.4) is 0 Å². The van der Waals surface area contributed by atoms with Crippen molar-refractivity contribution in [2.24, 2.45) is 5.92 Å². The van der Waals surface area contributed by atoms with Gasteiger partial charge in [0.2, 0.25) is 0 Å². The Labute approximate surface area is 88.5 Å². The minimum absolute atomic E-state index is 0.418. The molecule has 1 nitrogen and oxygen atoms in total. The van der Waals surface area contributed by atoms with E-state index in [1.165, 1.54) is 6.07 Å². The summed E-state index contributed by atoms with van der Waals surface area (Å²) in [6.45, 7) is 2.94. The number of hydrogen-bond donors (Lipinski definition) is 1. The number of fused-ring (bicyclic) bond motifs is 1. The lowest BCUT2D eigenvalue weighted by Gasteiger charge is -2.26. The van der Waals surface area contributed by atoms with Crippen LogP contribution in [0.5, 0.6) is 0 Å². The van der Waals surface area contributed by atoms with Crippen molar-refractivity contribution >= 4 is 5.69 Å². The molecule has 0 bridgehead atoms. The maximum atomic E-state index is 13.5. The molecule has 0 aliphatic carbocycles. The highest BCUT2D eigenvalue weighted by Crippen LogP contribution is 2.29. The van der Waals surface area contributed by atoms with Crippen LogP contribution in [0.1, 0.15) is 25.3 Å². The van der Waals surface area contributed by atoms with E-state index in [4.69, 9.17) is 0 Å². The Bertz CT molecular complexity index is 363. The molecular weight excluding hydrogens is 196 g/mol. The van der Waals surface area contributed by atoms with Gasteiger partial charge in [-0.15, -0.1) is 0 Å².